The average molecular weight is 364 g/mol. The van der Waals surface area contributed by atoms with Gasteiger partial charge in [-0.1, -0.05) is 0 Å². The molecule has 1 aromatic carbocycles. The van der Waals surface area contributed by atoms with E-state index >= 15 is 0 Å². The molecule has 3 rings (SSSR count). The lowest BCUT2D eigenvalue weighted by atomic mass is 10.3. The molecule has 25 heavy (non-hydrogen) atoms. The van der Waals surface area contributed by atoms with Crippen molar-refractivity contribution in [2.24, 2.45) is 7.05 Å². The van der Waals surface area contributed by atoms with Gasteiger partial charge in [0.2, 0.25) is 0 Å². The van der Waals surface area contributed by atoms with Crippen molar-refractivity contribution < 1.29 is 17.9 Å². The molecule has 9 nitrogen and oxygen atoms in total. The fourth-order valence-electron chi connectivity index (χ4n) is 2.33. The van der Waals surface area contributed by atoms with Crippen LogP contribution in [0.2, 0.25) is 0 Å². The minimum atomic E-state index is -3.89. The van der Waals surface area contributed by atoms with Gasteiger partial charge in [-0.05, 0) is 18.2 Å². The molecule has 0 aliphatic heterocycles. The summed E-state index contributed by atoms with van der Waals surface area (Å²) in [5, 5.41) is 3.85. The van der Waals surface area contributed by atoms with Crippen molar-refractivity contribution in [1.82, 2.24) is 14.2 Å². The van der Waals surface area contributed by atoms with Crippen LogP contribution in [0.5, 0.6) is 11.5 Å². The molecular formula is C15H16N4O5S. The molecule has 10 heteroatoms. The summed E-state index contributed by atoms with van der Waals surface area (Å²) in [6.07, 6.45) is 2.69. The number of nitrogens with one attached hydrogen (secondary N) is 1. The van der Waals surface area contributed by atoms with Gasteiger partial charge in [-0.2, -0.15) is 5.10 Å². The van der Waals surface area contributed by atoms with Crippen molar-refractivity contribution in [2.45, 2.75) is 4.90 Å². The molecule has 0 atom stereocenters. The number of aromatic nitrogens is 3. The first kappa shape index (κ1) is 16.8. The van der Waals surface area contributed by atoms with Gasteiger partial charge in [-0.25, -0.2) is 13.1 Å². The predicted octanol–water partition coefficient (Wildman–Crippen LogP) is 0.851. The topological polar surface area (TPSA) is 104 Å². The molecule has 2 aromatic heterocycles. The van der Waals surface area contributed by atoms with Crippen LogP contribution in [0, 0.1) is 0 Å². The average Bonchev–Trinajstić information content (AvgIpc) is 3.04. The van der Waals surface area contributed by atoms with Crippen LogP contribution in [0.25, 0.3) is 5.52 Å². The number of hydrogen-bond donors (Lipinski definition) is 1. The van der Waals surface area contributed by atoms with Crippen LogP contribution in [-0.2, 0) is 17.1 Å². The first-order valence-electron chi connectivity index (χ1n) is 7.14. The zero-order valence-electron chi connectivity index (χ0n) is 13.8. The number of sulfonamides is 1. The summed E-state index contributed by atoms with van der Waals surface area (Å²) in [5.41, 5.74) is 0.124. The third-order valence-electron chi connectivity index (χ3n) is 3.63. The molecule has 1 N–H and O–H groups in total. The van der Waals surface area contributed by atoms with Gasteiger partial charge in [0.05, 0.1) is 19.9 Å². The summed E-state index contributed by atoms with van der Waals surface area (Å²) in [6.45, 7) is 0. The van der Waals surface area contributed by atoms with Crippen molar-refractivity contribution in [3.05, 3.63) is 47.1 Å². The molecule has 0 saturated carbocycles. The summed E-state index contributed by atoms with van der Waals surface area (Å²) in [7, 11) is 0.546. The highest BCUT2D eigenvalue weighted by Crippen LogP contribution is 2.30. The van der Waals surface area contributed by atoms with Gasteiger partial charge < -0.3 is 9.47 Å². The van der Waals surface area contributed by atoms with E-state index in [1.54, 1.807) is 12.1 Å². The van der Waals surface area contributed by atoms with Crippen LogP contribution in [0.15, 0.2) is 46.5 Å². The molecule has 0 fully saturated rings. The Balaban J connectivity index is 2.00. The fourth-order valence-corrected chi connectivity index (χ4v) is 3.41. The summed E-state index contributed by atoms with van der Waals surface area (Å²) < 4.78 is 40.4. The first-order valence-corrected chi connectivity index (χ1v) is 8.63. The van der Waals surface area contributed by atoms with Crippen LogP contribution in [0.1, 0.15) is 0 Å². The number of anilines is 1. The van der Waals surface area contributed by atoms with Crippen molar-refractivity contribution in [3.63, 3.8) is 0 Å². The van der Waals surface area contributed by atoms with Crippen molar-refractivity contribution in [3.8, 4) is 11.5 Å². The Hall–Kier alpha value is -3.01. The summed E-state index contributed by atoms with van der Waals surface area (Å²) in [6, 6.07) is 5.95. The Morgan fingerprint density at radius 1 is 1.12 bits per heavy atom. The molecule has 0 spiro atoms. The van der Waals surface area contributed by atoms with Crippen LogP contribution < -0.4 is 19.8 Å². The van der Waals surface area contributed by atoms with Crippen molar-refractivity contribution in [2.75, 3.05) is 18.9 Å². The highest BCUT2D eigenvalue weighted by Gasteiger charge is 2.19. The number of nitrogens with zero attached hydrogens (tertiary/aromatic N) is 3. The van der Waals surface area contributed by atoms with Crippen LogP contribution in [0.3, 0.4) is 0 Å². The molecule has 3 aromatic rings. The number of rotatable bonds is 5. The molecular weight excluding hydrogens is 348 g/mol. The predicted molar refractivity (Wildman–Crippen MR) is 90.8 cm³/mol. The third kappa shape index (κ3) is 3.03. The molecule has 0 aliphatic rings. The van der Waals surface area contributed by atoms with Crippen molar-refractivity contribution >= 4 is 21.2 Å². The van der Waals surface area contributed by atoms with E-state index in [1.807, 2.05) is 0 Å². The number of benzene rings is 1. The van der Waals surface area contributed by atoms with E-state index in [9.17, 15) is 13.2 Å². The first-order chi connectivity index (χ1) is 11.9. The minimum Gasteiger partial charge on any atom is -0.493 e. The van der Waals surface area contributed by atoms with E-state index in [0.717, 1.165) is 4.68 Å². The van der Waals surface area contributed by atoms with E-state index in [0.29, 0.717) is 17.2 Å². The number of hydrogen-bond acceptors (Lipinski definition) is 6. The van der Waals surface area contributed by atoms with Gasteiger partial charge in [-0.3, -0.25) is 13.9 Å². The van der Waals surface area contributed by atoms with E-state index < -0.39 is 15.6 Å². The maximum absolute atomic E-state index is 12.6. The molecule has 132 valence electrons. The van der Waals surface area contributed by atoms with Gasteiger partial charge in [0.15, 0.2) is 11.5 Å². The Labute approximate surface area is 143 Å². The second kappa shape index (κ2) is 6.13. The van der Waals surface area contributed by atoms with Crippen LogP contribution in [-0.4, -0.2) is 36.8 Å². The SMILES string of the molecule is COc1ccc(NS(=O)(=O)c2cc3c(=O)n(C)ncn3c2)cc1OC. The lowest BCUT2D eigenvalue weighted by molar-refractivity contribution is 0.355. The number of methoxy groups -OCH3 is 2. The van der Waals surface area contributed by atoms with E-state index in [-0.39, 0.29) is 10.4 Å². The van der Waals surface area contributed by atoms with Crippen LogP contribution >= 0.6 is 0 Å². The number of ether oxygens (including phenoxy) is 2. The van der Waals surface area contributed by atoms with E-state index in [2.05, 4.69) is 9.82 Å². The van der Waals surface area contributed by atoms with Gasteiger partial charge >= 0.3 is 0 Å². The lowest BCUT2D eigenvalue weighted by Crippen LogP contribution is -2.20. The Bertz CT molecular complexity index is 1100. The molecule has 0 saturated heterocycles. The molecule has 0 bridgehead atoms. The third-order valence-corrected chi connectivity index (χ3v) is 4.98. The van der Waals surface area contributed by atoms with Gasteiger partial charge in [0.1, 0.15) is 16.7 Å². The Kier molecular flexibility index (Phi) is 4.13. The Morgan fingerprint density at radius 3 is 2.52 bits per heavy atom. The maximum atomic E-state index is 12.6. The summed E-state index contributed by atoms with van der Waals surface area (Å²) in [5.74, 6) is 0.873. The number of aryl methyl sites for hydroxylation is 1. The van der Waals surface area contributed by atoms with Gasteiger partial charge in [0, 0.05) is 19.3 Å². The molecule has 0 radical (unpaired) electrons. The second-order valence-electron chi connectivity index (χ2n) is 5.20. The van der Waals surface area contributed by atoms with Crippen molar-refractivity contribution in [1.29, 1.82) is 0 Å². The fraction of sp³-hybridized carbons (Fsp3) is 0.200. The molecule has 0 amide bonds. The largest absolute Gasteiger partial charge is 0.493 e. The van der Waals surface area contributed by atoms with E-state index in [1.165, 1.54) is 50.3 Å². The molecule has 0 unspecified atom stereocenters. The number of fused-ring (bicyclic) bond motifs is 1. The van der Waals surface area contributed by atoms with Crippen LogP contribution in [0.4, 0.5) is 5.69 Å². The highest BCUT2D eigenvalue weighted by atomic mass is 32.2. The highest BCUT2D eigenvalue weighted by molar-refractivity contribution is 7.92. The summed E-state index contributed by atoms with van der Waals surface area (Å²) in [4.78, 5) is 12.0. The normalized spacial score (nSPS) is 11.5. The van der Waals surface area contributed by atoms with E-state index in [4.69, 9.17) is 9.47 Å². The standard InChI is InChI=1S/C15H16N4O5S/c1-18-15(20)12-7-11(8-19(12)9-16-18)25(21,22)17-10-4-5-13(23-2)14(6-10)24-3/h4-9,17H,1-3H3. The minimum absolute atomic E-state index is 0.0487. The lowest BCUT2D eigenvalue weighted by Gasteiger charge is -2.11. The monoisotopic (exact) mass is 364 g/mol. The van der Waals surface area contributed by atoms with Gasteiger partial charge in [0.25, 0.3) is 15.6 Å². The second-order valence-corrected chi connectivity index (χ2v) is 6.89. The maximum Gasteiger partial charge on any atom is 0.290 e. The summed E-state index contributed by atoms with van der Waals surface area (Å²) >= 11 is 0. The zero-order chi connectivity index (χ0) is 18.2. The quantitative estimate of drug-likeness (QED) is 0.720. The molecule has 0 aliphatic carbocycles. The smallest absolute Gasteiger partial charge is 0.290 e. The van der Waals surface area contributed by atoms with Gasteiger partial charge in [-0.15, -0.1) is 0 Å². The zero-order valence-corrected chi connectivity index (χ0v) is 14.6. The Morgan fingerprint density at radius 2 is 1.84 bits per heavy atom. The molecule has 2 heterocycles.